The highest BCUT2D eigenvalue weighted by molar-refractivity contribution is 5.95. The maximum atomic E-state index is 12.0. The third-order valence-corrected chi connectivity index (χ3v) is 2.87. The molecule has 0 bridgehead atoms. The molecule has 0 saturated carbocycles. The van der Waals surface area contributed by atoms with E-state index in [1.165, 1.54) is 6.92 Å². The standard InChI is InChI=1S/C15H14N2O5/c1-10(22-12-5-3-2-4-6-12)15(19)16-13-9-11(17(20)21)7-8-14(13)18/h2-10,18H,1H3,(H,16,19)/t10-/m0/s1. The molecule has 0 saturated heterocycles. The summed E-state index contributed by atoms with van der Waals surface area (Å²) < 4.78 is 5.44. The molecular weight excluding hydrogens is 288 g/mol. The summed E-state index contributed by atoms with van der Waals surface area (Å²) in [5.74, 6) is -0.265. The predicted octanol–water partition coefficient (Wildman–Crippen LogP) is 2.71. The van der Waals surface area contributed by atoms with Crippen LogP contribution in [0.3, 0.4) is 0 Å². The first-order valence-corrected chi connectivity index (χ1v) is 6.47. The van der Waals surface area contributed by atoms with E-state index in [-0.39, 0.29) is 17.1 Å². The lowest BCUT2D eigenvalue weighted by Crippen LogP contribution is -2.30. The second kappa shape index (κ2) is 6.57. The number of nitrogens with zero attached hydrogens (tertiary/aromatic N) is 1. The van der Waals surface area contributed by atoms with Crippen LogP contribution >= 0.6 is 0 Å². The molecule has 0 aliphatic carbocycles. The van der Waals surface area contributed by atoms with Crippen molar-refractivity contribution in [2.24, 2.45) is 0 Å². The fourth-order valence-corrected chi connectivity index (χ4v) is 1.73. The zero-order valence-electron chi connectivity index (χ0n) is 11.7. The van der Waals surface area contributed by atoms with E-state index < -0.39 is 16.9 Å². The van der Waals surface area contributed by atoms with Crippen molar-refractivity contribution in [2.45, 2.75) is 13.0 Å². The van der Waals surface area contributed by atoms with Gasteiger partial charge >= 0.3 is 0 Å². The Morgan fingerprint density at radius 1 is 1.27 bits per heavy atom. The Hall–Kier alpha value is -3.09. The number of nitro groups is 1. The number of benzene rings is 2. The number of phenolic OH excluding ortho intramolecular Hbond substituents is 1. The maximum absolute atomic E-state index is 12.0. The quantitative estimate of drug-likeness (QED) is 0.502. The molecule has 0 unspecified atom stereocenters. The third kappa shape index (κ3) is 3.72. The lowest BCUT2D eigenvalue weighted by Gasteiger charge is -2.15. The molecule has 0 fully saturated rings. The molecule has 0 spiro atoms. The summed E-state index contributed by atoms with van der Waals surface area (Å²) in [6.07, 6.45) is -0.832. The Balaban J connectivity index is 2.08. The number of nitro benzene ring substituents is 1. The summed E-state index contributed by atoms with van der Waals surface area (Å²) in [7, 11) is 0. The summed E-state index contributed by atoms with van der Waals surface area (Å²) in [5.41, 5.74) is -0.271. The number of para-hydroxylation sites is 1. The Bertz CT molecular complexity index is 688. The van der Waals surface area contributed by atoms with E-state index in [1.807, 2.05) is 6.07 Å². The minimum atomic E-state index is -0.832. The fraction of sp³-hybridized carbons (Fsp3) is 0.133. The van der Waals surface area contributed by atoms with Crippen molar-refractivity contribution in [3.8, 4) is 11.5 Å². The summed E-state index contributed by atoms with van der Waals surface area (Å²) in [4.78, 5) is 22.1. The summed E-state index contributed by atoms with van der Waals surface area (Å²) in [5, 5.41) is 22.8. The average molecular weight is 302 g/mol. The first kappa shape index (κ1) is 15.3. The number of hydrogen-bond acceptors (Lipinski definition) is 5. The molecule has 0 aliphatic rings. The molecule has 1 atom stereocenters. The lowest BCUT2D eigenvalue weighted by atomic mass is 10.2. The number of non-ortho nitro benzene ring substituents is 1. The number of amides is 1. The van der Waals surface area contributed by atoms with Crippen LogP contribution in [0.4, 0.5) is 11.4 Å². The normalized spacial score (nSPS) is 11.5. The van der Waals surface area contributed by atoms with Gasteiger partial charge in [-0.1, -0.05) is 18.2 Å². The molecule has 2 aromatic rings. The number of rotatable bonds is 5. The van der Waals surface area contributed by atoms with Crippen LogP contribution < -0.4 is 10.1 Å². The van der Waals surface area contributed by atoms with Crippen LogP contribution in [0, 0.1) is 10.1 Å². The molecule has 22 heavy (non-hydrogen) atoms. The molecule has 2 aromatic carbocycles. The molecule has 2 rings (SSSR count). The van der Waals surface area contributed by atoms with Gasteiger partial charge in [0.15, 0.2) is 6.10 Å². The monoisotopic (exact) mass is 302 g/mol. The molecule has 7 heteroatoms. The van der Waals surface area contributed by atoms with Crippen LogP contribution in [-0.2, 0) is 4.79 Å². The topological polar surface area (TPSA) is 102 Å². The maximum Gasteiger partial charge on any atom is 0.271 e. The van der Waals surface area contributed by atoms with E-state index in [0.29, 0.717) is 5.75 Å². The lowest BCUT2D eigenvalue weighted by molar-refractivity contribution is -0.384. The van der Waals surface area contributed by atoms with E-state index in [2.05, 4.69) is 5.32 Å². The van der Waals surface area contributed by atoms with Crippen LogP contribution in [0.15, 0.2) is 48.5 Å². The molecule has 2 N–H and O–H groups in total. The SMILES string of the molecule is C[C@H](Oc1ccccc1)C(=O)Nc1cc([N+](=O)[O-])ccc1O. The van der Waals surface area contributed by atoms with Gasteiger partial charge in [-0.15, -0.1) is 0 Å². The Morgan fingerprint density at radius 3 is 2.59 bits per heavy atom. The van der Waals surface area contributed by atoms with Crippen molar-refractivity contribution in [2.75, 3.05) is 5.32 Å². The third-order valence-electron chi connectivity index (χ3n) is 2.87. The van der Waals surface area contributed by atoms with Gasteiger partial charge in [-0.25, -0.2) is 0 Å². The Kier molecular flexibility index (Phi) is 4.57. The molecule has 0 heterocycles. The Morgan fingerprint density at radius 2 is 1.95 bits per heavy atom. The van der Waals surface area contributed by atoms with E-state index in [0.717, 1.165) is 18.2 Å². The number of phenols is 1. The fourth-order valence-electron chi connectivity index (χ4n) is 1.73. The highest BCUT2D eigenvalue weighted by atomic mass is 16.6. The predicted molar refractivity (Wildman–Crippen MR) is 79.9 cm³/mol. The Labute approximate surface area is 126 Å². The second-order valence-electron chi connectivity index (χ2n) is 4.52. The second-order valence-corrected chi connectivity index (χ2v) is 4.52. The first-order chi connectivity index (χ1) is 10.5. The average Bonchev–Trinajstić information content (AvgIpc) is 2.50. The van der Waals surface area contributed by atoms with Crippen molar-refractivity contribution in [1.82, 2.24) is 0 Å². The van der Waals surface area contributed by atoms with Gasteiger partial charge in [0.1, 0.15) is 11.5 Å². The highest BCUT2D eigenvalue weighted by Crippen LogP contribution is 2.28. The van der Waals surface area contributed by atoms with Crippen molar-refractivity contribution >= 4 is 17.3 Å². The minimum absolute atomic E-state index is 0.0392. The van der Waals surface area contributed by atoms with Crippen LogP contribution in [0.2, 0.25) is 0 Å². The van der Waals surface area contributed by atoms with Gasteiger partial charge < -0.3 is 15.2 Å². The van der Waals surface area contributed by atoms with E-state index in [9.17, 15) is 20.0 Å². The largest absolute Gasteiger partial charge is 0.506 e. The van der Waals surface area contributed by atoms with Crippen molar-refractivity contribution < 1.29 is 19.6 Å². The summed E-state index contributed by atoms with van der Waals surface area (Å²) in [6, 6.07) is 12.1. The van der Waals surface area contributed by atoms with Gasteiger partial charge in [0.05, 0.1) is 10.6 Å². The van der Waals surface area contributed by atoms with Gasteiger partial charge in [0.25, 0.3) is 11.6 Å². The van der Waals surface area contributed by atoms with Crippen LogP contribution in [0.5, 0.6) is 11.5 Å². The molecule has 0 aliphatic heterocycles. The number of hydrogen-bond donors (Lipinski definition) is 2. The number of carbonyl (C=O) groups excluding carboxylic acids is 1. The van der Waals surface area contributed by atoms with Gasteiger partial charge in [0, 0.05) is 12.1 Å². The van der Waals surface area contributed by atoms with Gasteiger partial charge in [0.2, 0.25) is 0 Å². The van der Waals surface area contributed by atoms with Crippen molar-refractivity contribution in [3.63, 3.8) is 0 Å². The summed E-state index contributed by atoms with van der Waals surface area (Å²) >= 11 is 0. The van der Waals surface area contributed by atoms with Gasteiger partial charge in [-0.05, 0) is 25.1 Å². The van der Waals surface area contributed by atoms with E-state index in [1.54, 1.807) is 24.3 Å². The van der Waals surface area contributed by atoms with Crippen LogP contribution in [0.25, 0.3) is 0 Å². The molecule has 0 aromatic heterocycles. The number of anilines is 1. The van der Waals surface area contributed by atoms with Gasteiger partial charge in [-0.2, -0.15) is 0 Å². The molecular formula is C15H14N2O5. The zero-order chi connectivity index (χ0) is 16.1. The first-order valence-electron chi connectivity index (χ1n) is 6.47. The minimum Gasteiger partial charge on any atom is -0.506 e. The van der Waals surface area contributed by atoms with E-state index in [4.69, 9.17) is 4.74 Å². The number of nitrogens with one attached hydrogen (secondary N) is 1. The number of aromatic hydroxyl groups is 1. The van der Waals surface area contributed by atoms with Gasteiger partial charge in [-0.3, -0.25) is 14.9 Å². The van der Waals surface area contributed by atoms with E-state index >= 15 is 0 Å². The zero-order valence-corrected chi connectivity index (χ0v) is 11.7. The van der Waals surface area contributed by atoms with Crippen LogP contribution in [0.1, 0.15) is 6.92 Å². The molecule has 114 valence electrons. The molecule has 0 radical (unpaired) electrons. The molecule has 7 nitrogen and oxygen atoms in total. The van der Waals surface area contributed by atoms with Crippen molar-refractivity contribution in [1.29, 1.82) is 0 Å². The highest BCUT2D eigenvalue weighted by Gasteiger charge is 2.18. The number of ether oxygens (including phenoxy) is 1. The summed E-state index contributed by atoms with van der Waals surface area (Å²) in [6.45, 7) is 1.54. The van der Waals surface area contributed by atoms with Crippen molar-refractivity contribution in [3.05, 3.63) is 58.6 Å². The molecule has 1 amide bonds. The smallest absolute Gasteiger partial charge is 0.271 e. The number of carbonyl (C=O) groups is 1. The van der Waals surface area contributed by atoms with Crippen LogP contribution in [-0.4, -0.2) is 22.0 Å².